The van der Waals surface area contributed by atoms with Crippen LogP contribution in [0, 0.1) is 10.1 Å². The predicted molar refractivity (Wildman–Crippen MR) is 113 cm³/mol. The van der Waals surface area contributed by atoms with E-state index in [0.717, 1.165) is 12.1 Å². The maximum atomic E-state index is 12.7. The molecule has 2 aliphatic carbocycles. The largest absolute Gasteiger partial charge is 0.416 e. The molecule has 4 rings (SSSR count). The molecule has 4 amide bonds. The number of rotatable bonds is 6. The Balaban J connectivity index is 1.33. The van der Waals surface area contributed by atoms with E-state index in [9.17, 15) is 32.9 Å². The average Bonchev–Trinajstić information content (AvgIpc) is 3.66. The van der Waals surface area contributed by atoms with Crippen LogP contribution in [0.3, 0.4) is 0 Å². The molecule has 174 valence electrons. The van der Waals surface area contributed by atoms with E-state index in [1.165, 1.54) is 36.4 Å². The van der Waals surface area contributed by atoms with Crippen LogP contribution in [0.2, 0.25) is 0 Å². The number of carbonyl (C=O) groups excluding carboxylic acids is 2. The fraction of sp³-hybridized carbons (Fsp3) is 0.333. The van der Waals surface area contributed by atoms with Gasteiger partial charge in [-0.3, -0.25) is 10.1 Å². The number of nitro benzene ring substituents is 1. The number of carbonyl (C=O) groups is 2. The molecule has 2 saturated carbocycles. The highest BCUT2D eigenvalue weighted by Crippen LogP contribution is 2.57. The molecule has 0 spiro atoms. The zero-order valence-electron chi connectivity index (χ0n) is 17.2. The molecule has 2 aromatic carbocycles. The minimum Gasteiger partial charge on any atom is -0.330 e. The van der Waals surface area contributed by atoms with Gasteiger partial charge in [0.05, 0.1) is 21.6 Å². The quantitative estimate of drug-likeness (QED) is 0.368. The van der Waals surface area contributed by atoms with Crippen molar-refractivity contribution < 1.29 is 27.7 Å². The van der Waals surface area contributed by atoms with E-state index in [1.54, 1.807) is 0 Å². The minimum absolute atomic E-state index is 0.0974. The van der Waals surface area contributed by atoms with Gasteiger partial charge in [0.1, 0.15) is 0 Å². The van der Waals surface area contributed by atoms with Gasteiger partial charge in [-0.2, -0.15) is 13.2 Å². The van der Waals surface area contributed by atoms with Crippen molar-refractivity contribution in [3.63, 3.8) is 0 Å². The van der Waals surface area contributed by atoms with Crippen LogP contribution in [0.15, 0.2) is 48.5 Å². The van der Waals surface area contributed by atoms with Crippen LogP contribution in [-0.4, -0.2) is 28.1 Å². The summed E-state index contributed by atoms with van der Waals surface area (Å²) in [6.07, 6.45) is -1.86. The van der Waals surface area contributed by atoms with Crippen LogP contribution in [0.25, 0.3) is 0 Å². The molecule has 2 aliphatic rings. The highest BCUT2D eigenvalue weighted by Gasteiger charge is 2.67. The molecule has 0 atom stereocenters. The van der Waals surface area contributed by atoms with Gasteiger partial charge in [0.2, 0.25) is 0 Å². The van der Waals surface area contributed by atoms with Crippen LogP contribution in [0.5, 0.6) is 0 Å². The number of urea groups is 2. The van der Waals surface area contributed by atoms with Crippen LogP contribution in [0.4, 0.5) is 39.8 Å². The maximum Gasteiger partial charge on any atom is 0.416 e. The number of anilines is 2. The van der Waals surface area contributed by atoms with Crippen LogP contribution >= 0.6 is 0 Å². The molecule has 0 aliphatic heterocycles. The Kier molecular flexibility index (Phi) is 5.38. The second-order valence-electron chi connectivity index (χ2n) is 8.20. The summed E-state index contributed by atoms with van der Waals surface area (Å²) in [5, 5.41) is 21.6. The number of halogens is 3. The lowest BCUT2D eigenvalue weighted by atomic mass is 10.0. The summed E-state index contributed by atoms with van der Waals surface area (Å²) in [7, 11) is 0. The van der Waals surface area contributed by atoms with Crippen molar-refractivity contribution in [3.05, 3.63) is 64.2 Å². The van der Waals surface area contributed by atoms with Gasteiger partial charge in [-0.1, -0.05) is 0 Å². The first kappa shape index (κ1) is 22.4. The van der Waals surface area contributed by atoms with Gasteiger partial charge >= 0.3 is 18.2 Å². The number of non-ortho nitro benzene ring substituents is 1. The van der Waals surface area contributed by atoms with E-state index in [1.807, 2.05) is 0 Å². The molecule has 0 radical (unpaired) electrons. The molecule has 4 N–H and O–H groups in total. The summed E-state index contributed by atoms with van der Waals surface area (Å²) in [5.41, 5.74) is -1.59. The van der Waals surface area contributed by atoms with Crippen molar-refractivity contribution in [2.75, 3.05) is 10.6 Å². The molecular weight excluding hydrogens is 443 g/mol. The van der Waals surface area contributed by atoms with Gasteiger partial charge in [0, 0.05) is 23.5 Å². The first-order valence-corrected chi connectivity index (χ1v) is 10.1. The van der Waals surface area contributed by atoms with E-state index < -0.39 is 39.8 Å². The number of nitrogens with one attached hydrogen (secondary N) is 4. The maximum absolute atomic E-state index is 12.7. The van der Waals surface area contributed by atoms with Crippen LogP contribution < -0.4 is 21.3 Å². The highest BCUT2D eigenvalue weighted by molar-refractivity contribution is 5.92. The van der Waals surface area contributed by atoms with Crippen molar-refractivity contribution in [1.82, 2.24) is 10.6 Å². The molecule has 2 fully saturated rings. The average molecular weight is 463 g/mol. The number of nitro groups is 1. The van der Waals surface area contributed by atoms with E-state index in [-0.39, 0.29) is 11.4 Å². The van der Waals surface area contributed by atoms with E-state index in [2.05, 4.69) is 21.3 Å². The lowest BCUT2D eigenvalue weighted by molar-refractivity contribution is -0.384. The number of hydrogen-bond acceptors (Lipinski definition) is 4. The first-order chi connectivity index (χ1) is 15.5. The summed E-state index contributed by atoms with van der Waals surface area (Å²) in [6, 6.07) is 8.42. The topological polar surface area (TPSA) is 125 Å². The predicted octanol–water partition coefficient (Wildman–Crippen LogP) is 4.62. The van der Waals surface area contributed by atoms with Gasteiger partial charge in [0.25, 0.3) is 5.69 Å². The Morgan fingerprint density at radius 1 is 0.788 bits per heavy atom. The van der Waals surface area contributed by atoms with Gasteiger partial charge in [-0.25, -0.2) is 9.59 Å². The molecule has 0 bridgehead atoms. The normalized spacial score (nSPS) is 17.4. The third-order valence-electron chi connectivity index (χ3n) is 5.93. The molecule has 0 unspecified atom stereocenters. The molecule has 9 nitrogen and oxygen atoms in total. The van der Waals surface area contributed by atoms with Gasteiger partial charge in [-0.15, -0.1) is 0 Å². The molecular formula is C21H20F3N5O4. The van der Waals surface area contributed by atoms with Crippen LogP contribution in [-0.2, 0) is 6.18 Å². The molecule has 2 aromatic rings. The third-order valence-corrected chi connectivity index (χ3v) is 5.93. The first-order valence-electron chi connectivity index (χ1n) is 10.1. The van der Waals surface area contributed by atoms with E-state index in [4.69, 9.17) is 0 Å². The minimum atomic E-state index is -4.46. The number of benzene rings is 2. The van der Waals surface area contributed by atoms with Crippen molar-refractivity contribution in [1.29, 1.82) is 0 Å². The second kappa shape index (κ2) is 7.94. The fourth-order valence-electron chi connectivity index (χ4n) is 3.86. The van der Waals surface area contributed by atoms with E-state index in [0.29, 0.717) is 31.4 Å². The van der Waals surface area contributed by atoms with E-state index >= 15 is 0 Å². The number of alkyl halides is 3. The molecule has 0 heterocycles. The smallest absolute Gasteiger partial charge is 0.330 e. The van der Waals surface area contributed by atoms with Gasteiger partial charge < -0.3 is 21.3 Å². The summed E-state index contributed by atoms with van der Waals surface area (Å²) in [4.78, 5) is 35.1. The zero-order valence-corrected chi connectivity index (χ0v) is 17.2. The van der Waals surface area contributed by atoms with Gasteiger partial charge in [-0.05, 0) is 62.1 Å². The number of nitrogens with zero attached hydrogens (tertiary/aromatic N) is 1. The molecule has 0 saturated heterocycles. The zero-order chi connectivity index (χ0) is 23.9. The third kappa shape index (κ3) is 4.83. The standard InChI is InChI=1S/C21H20F3N5O4/c22-21(23,24)13-1-3-14(4-2-13)25-17(30)27-19(9-10-19)20(11-12-20)28-18(31)26-15-5-7-16(8-6-15)29(32)33/h1-8H,9-12H2,(H2,25,27,30)(H2,26,28,31). The second-order valence-corrected chi connectivity index (χ2v) is 8.20. The Morgan fingerprint density at radius 3 is 1.52 bits per heavy atom. The molecule has 33 heavy (non-hydrogen) atoms. The van der Waals surface area contributed by atoms with Crippen LogP contribution in [0.1, 0.15) is 31.2 Å². The molecule has 0 aromatic heterocycles. The summed E-state index contributed by atoms with van der Waals surface area (Å²) in [5.74, 6) is 0. The van der Waals surface area contributed by atoms with Crippen molar-refractivity contribution >= 4 is 29.1 Å². The Morgan fingerprint density at radius 2 is 1.18 bits per heavy atom. The lowest BCUT2D eigenvalue weighted by Gasteiger charge is -2.29. The Bertz CT molecular complexity index is 1080. The Labute approximate surface area is 185 Å². The SMILES string of the molecule is O=C(Nc1ccc([N+](=O)[O-])cc1)NC1(C2(NC(=O)Nc3ccc(C(F)(F)F)cc3)CC2)CC1. The van der Waals surface area contributed by atoms with Crippen molar-refractivity contribution in [2.45, 2.75) is 42.9 Å². The Hall–Kier alpha value is -3.83. The lowest BCUT2D eigenvalue weighted by Crippen LogP contribution is -2.57. The van der Waals surface area contributed by atoms with Gasteiger partial charge in [0.15, 0.2) is 0 Å². The summed E-state index contributed by atoms with van der Waals surface area (Å²) in [6.45, 7) is 0. The fourth-order valence-corrected chi connectivity index (χ4v) is 3.86. The molecule has 12 heteroatoms. The van der Waals surface area contributed by atoms with Crippen molar-refractivity contribution in [2.24, 2.45) is 0 Å². The number of hydrogen-bond donors (Lipinski definition) is 4. The highest BCUT2D eigenvalue weighted by atomic mass is 19.4. The summed E-state index contributed by atoms with van der Waals surface area (Å²) < 4.78 is 38.0. The number of amides is 4. The summed E-state index contributed by atoms with van der Waals surface area (Å²) >= 11 is 0. The monoisotopic (exact) mass is 463 g/mol. The van der Waals surface area contributed by atoms with Crippen molar-refractivity contribution in [3.8, 4) is 0 Å².